The molecule has 0 saturated heterocycles. The molecule has 0 unspecified atom stereocenters. The van der Waals surface area contributed by atoms with Crippen molar-refractivity contribution in [1.29, 1.82) is 0 Å². The number of hydrogen-bond donors (Lipinski definition) is 4. The van der Waals surface area contributed by atoms with E-state index in [-0.39, 0.29) is 0 Å². The Hall–Kier alpha value is 0.490. The average Bonchev–Trinajstić information content (AvgIpc) is 2.01. The van der Waals surface area contributed by atoms with E-state index < -0.39 is 6.72 Å². The minimum atomic E-state index is -3.81. The molecule has 0 aromatic carbocycles. The van der Waals surface area contributed by atoms with Gasteiger partial charge in [0.05, 0.1) is 0 Å². The topological polar surface area (TPSA) is 72.7 Å². The van der Waals surface area contributed by atoms with Gasteiger partial charge in [0.1, 0.15) is 0 Å². The Labute approximate surface area is 91.6 Å². The fourth-order valence-electron chi connectivity index (χ4n) is 0.729. The summed E-state index contributed by atoms with van der Waals surface area (Å²) in [6.07, 6.45) is 5.26. The van der Waals surface area contributed by atoms with E-state index in [1.807, 2.05) is 0 Å². The van der Waals surface area contributed by atoms with Crippen LogP contribution in [0.25, 0.3) is 0 Å². The normalized spacial score (nSPS) is 10.6. The average molecular weight is 243 g/mol. The van der Waals surface area contributed by atoms with Crippen LogP contribution in [0.15, 0.2) is 0 Å². The van der Waals surface area contributed by atoms with Crippen LogP contribution in [0.1, 0.15) is 39.5 Å². The van der Waals surface area contributed by atoms with Gasteiger partial charge in [-0.1, -0.05) is 26.7 Å². The molecule has 0 aliphatic rings. The van der Waals surface area contributed by atoms with Crippen LogP contribution >= 0.6 is 6.72 Å². The van der Waals surface area contributed by atoms with E-state index in [4.69, 9.17) is 14.7 Å². The zero-order chi connectivity index (χ0) is 11.4. The van der Waals surface area contributed by atoms with Crippen LogP contribution in [-0.4, -0.2) is 27.8 Å². The Balaban J connectivity index is 0. The van der Waals surface area contributed by atoms with Crippen molar-refractivity contribution in [3.05, 3.63) is 0 Å². The summed E-state index contributed by atoms with van der Waals surface area (Å²) >= 11 is 3.60. The van der Waals surface area contributed by atoms with Crippen molar-refractivity contribution >= 4 is 18.5 Å². The molecule has 88 valence electrons. The largest absolute Gasteiger partial charge is 0.325 e. The standard InChI is InChI=1S/C8H19N.H3O3PS/c1-3-5-7-9-8-6-4-2;1-4(2,3)5/h9H,3-8H2,1-2H3;(H3,1,2,3,5). The van der Waals surface area contributed by atoms with E-state index in [1.54, 1.807) is 0 Å². The maximum Gasteiger partial charge on any atom is 0.319 e. The lowest BCUT2D eigenvalue weighted by atomic mass is 10.3. The van der Waals surface area contributed by atoms with Crippen LogP contribution in [0.4, 0.5) is 0 Å². The molecule has 0 heterocycles. The third-order valence-electron chi connectivity index (χ3n) is 1.41. The Morgan fingerprint density at radius 1 is 1.00 bits per heavy atom. The Bertz CT molecular complexity index is 137. The van der Waals surface area contributed by atoms with Gasteiger partial charge in [-0.2, -0.15) is 0 Å². The third kappa shape index (κ3) is 39.1. The highest BCUT2D eigenvalue weighted by atomic mass is 32.5. The van der Waals surface area contributed by atoms with Crippen molar-refractivity contribution in [3.8, 4) is 0 Å². The number of nitrogens with one attached hydrogen (secondary N) is 1. The van der Waals surface area contributed by atoms with Crippen molar-refractivity contribution < 1.29 is 14.7 Å². The van der Waals surface area contributed by atoms with Gasteiger partial charge in [0.2, 0.25) is 0 Å². The monoisotopic (exact) mass is 243 g/mol. The zero-order valence-corrected chi connectivity index (χ0v) is 10.7. The second kappa shape index (κ2) is 11.6. The maximum absolute atomic E-state index is 7.56. The second-order valence-corrected chi connectivity index (χ2v) is 5.47. The van der Waals surface area contributed by atoms with E-state index in [1.165, 1.54) is 38.8 Å². The van der Waals surface area contributed by atoms with Gasteiger partial charge in [-0.05, 0) is 37.7 Å². The highest BCUT2D eigenvalue weighted by Crippen LogP contribution is 2.26. The summed E-state index contributed by atoms with van der Waals surface area (Å²) in [5, 5.41) is 3.39. The number of rotatable bonds is 6. The minimum absolute atomic E-state index is 1.20. The van der Waals surface area contributed by atoms with Gasteiger partial charge in [0, 0.05) is 0 Å². The molecule has 0 aliphatic heterocycles. The number of hydrogen-bond acceptors (Lipinski definition) is 2. The predicted octanol–water partition coefficient (Wildman–Crippen LogP) is 1.36. The predicted molar refractivity (Wildman–Crippen MR) is 63.6 cm³/mol. The van der Waals surface area contributed by atoms with Crippen molar-refractivity contribution in [1.82, 2.24) is 5.32 Å². The lowest BCUT2D eigenvalue weighted by molar-refractivity contribution is 0.363. The lowest BCUT2D eigenvalue weighted by Gasteiger charge is -1.99. The van der Waals surface area contributed by atoms with Crippen molar-refractivity contribution in [2.75, 3.05) is 13.1 Å². The summed E-state index contributed by atoms with van der Waals surface area (Å²) in [4.78, 5) is 22.7. The molecule has 0 amide bonds. The van der Waals surface area contributed by atoms with E-state index in [0.29, 0.717) is 0 Å². The smallest absolute Gasteiger partial charge is 0.319 e. The summed E-state index contributed by atoms with van der Waals surface area (Å²) in [6, 6.07) is 0. The van der Waals surface area contributed by atoms with Crippen LogP contribution in [0.3, 0.4) is 0 Å². The maximum atomic E-state index is 7.56. The van der Waals surface area contributed by atoms with Gasteiger partial charge in [0.25, 0.3) is 0 Å². The molecular weight excluding hydrogens is 221 g/mol. The first-order chi connectivity index (χ1) is 6.41. The van der Waals surface area contributed by atoms with Gasteiger partial charge in [-0.15, -0.1) is 0 Å². The van der Waals surface area contributed by atoms with Gasteiger partial charge >= 0.3 is 6.72 Å². The van der Waals surface area contributed by atoms with Crippen LogP contribution in [0.5, 0.6) is 0 Å². The lowest BCUT2D eigenvalue weighted by Crippen LogP contribution is -2.15. The third-order valence-corrected chi connectivity index (χ3v) is 1.41. The molecule has 0 aliphatic carbocycles. The van der Waals surface area contributed by atoms with Crippen LogP contribution < -0.4 is 5.32 Å². The molecule has 0 bridgehead atoms. The summed E-state index contributed by atoms with van der Waals surface area (Å²) in [7, 11) is 0. The van der Waals surface area contributed by atoms with Crippen LogP contribution in [0, 0.1) is 0 Å². The van der Waals surface area contributed by atoms with Crippen LogP contribution in [0.2, 0.25) is 0 Å². The summed E-state index contributed by atoms with van der Waals surface area (Å²) in [5.74, 6) is 0. The van der Waals surface area contributed by atoms with Gasteiger partial charge in [-0.25, -0.2) is 0 Å². The fourth-order valence-corrected chi connectivity index (χ4v) is 0.729. The molecule has 0 spiro atoms. The Morgan fingerprint density at radius 2 is 1.29 bits per heavy atom. The molecule has 6 heteroatoms. The molecule has 4 nitrogen and oxygen atoms in total. The first-order valence-corrected chi connectivity index (χ1v) is 7.56. The van der Waals surface area contributed by atoms with Gasteiger partial charge < -0.3 is 20.0 Å². The Kier molecular flexibility index (Phi) is 14.0. The van der Waals surface area contributed by atoms with Gasteiger partial charge in [-0.3, -0.25) is 0 Å². The first-order valence-electron chi connectivity index (χ1n) is 4.90. The molecule has 14 heavy (non-hydrogen) atoms. The summed E-state index contributed by atoms with van der Waals surface area (Å²) in [5.41, 5.74) is 0. The molecule has 0 aromatic heterocycles. The molecular formula is C8H22NO3PS. The SMILES string of the molecule is CCCCNCCCC.OP(O)(O)=S. The van der Waals surface area contributed by atoms with Crippen molar-refractivity contribution in [2.45, 2.75) is 39.5 Å². The van der Waals surface area contributed by atoms with Crippen molar-refractivity contribution in [2.24, 2.45) is 0 Å². The molecule has 0 rings (SSSR count). The molecule has 0 atom stereocenters. The highest BCUT2D eigenvalue weighted by molar-refractivity contribution is 8.06. The molecule has 0 radical (unpaired) electrons. The second-order valence-electron chi connectivity index (χ2n) is 2.97. The highest BCUT2D eigenvalue weighted by Gasteiger charge is 1.92. The Morgan fingerprint density at radius 3 is 1.50 bits per heavy atom. The minimum Gasteiger partial charge on any atom is -0.325 e. The molecule has 4 N–H and O–H groups in total. The zero-order valence-electron chi connectivity index (χ0n) is 8.94. The summed E-state index contributed by atoms with van der Waals surface area (Å²) in [6.45, 7) is 3.05. The quantitative estimate of drug-likeness (QED) is 0.419. The van der Waals surface area contributed by atoms with E-state index in [9.17, 15) is 0 Å². The summed E-state index contributed by atoms with van der Waals surface area (Å²) < 4.78 is 0. The van der Waals surface area contributed by atoms with Crippen LogP contribution in [-0.2, 0) is 11.8 Å². The molecule has 0 fully saturated rings. The van der Waals surface area contributed by atoms with E-state index in [0.717, 1.165) is 0 Å². The fraction of sp³-hybridized carbons (Fsp3) is 1.00. The van der Waals surface area contributed by atoms with Crippen molar-refractivity contribution in [3.63, 3.8) is 0 Å². The molecule has 0 saturated carbocycles. The first kappa shape index (κ1) is 16.9. The van der Waals surface area contributed by atoms with E-state index in [2.05, 4.69) is 31.0 Å². The van der Waals surface area contributed by atoms with E-state index >= 15 is 0 Å². The molecule has 0 aromatic rings. The van der Waals surface area contributed by atoms with Gasteiger partial charge in [0.15, 0.2) is 0 Å². The number of unbranched alkanes of at least 4 members (excludes halogenated alkanes) is 2.